The number of unbranched alkanes of at least 4 members (excludes halogenated alkanes) is 1. The van der Waals surface area contributed by atoms with Crippen LogP contribution in [0.1, 0.15) is 19.8 Å². The van der Waals surface area contributed by atoms with Crippen molar-refractivity contribution >= 4 is 22.6 Å². The number of aromatic nitrogens is 2. The first-order chi connectivity index (χ1) is 14.2. The summed E-state index contributed by atoms with van der Waals surface area (Å²) in [5.74, 6) is 1.90. The summed E-state index contributed by atoms with van der Waals surface area (Å²) in [6.45, 7) is 9.14. The molecule has 0 saturated carbocycles. The Hall–Kier alpha value is -2.08. The van der Waals surface area contributed by atoms with Gasteiger partial charge in [-0.05, 0) is 42.8 Å². The zero-order chi connectivity index (χ0) is 20.1. The third-order valence-electron chi connectivity index (χ3n) is 5.44. The second-order valence-corrected chi connectivity index (χ2v) is 7.97. The number of imidazole rings is 1. The van der Waals surface area contributed by atoms with Crippen molar-refractivity contribution in [1.29, 1.82) is 0 Å². The summed E-state index contributed by atoms with van der Waals surface area (Å²) in [5, 5.41) is 4.13. The fraction of sp³-hybridized carbons (Fsp3) is 0.435. The van der Waals surface area contributed by atoms with E-state index in [-0.39, 0.29) is 0 Å². The summed E-state index contributed by atoms with van der Waals surface area (Å²) < 4.78 is 8.40. The van der Waals surface area contributed by atoms with Crippen LogP contribution in [0, 0.1) is 0 Å². The van der Waals surface area contributed by atoms with E-state index in [9.17, 15) is 0 Å². The van der Waals surface area contributed by atoms with E-state index in [4.69, 9.17) is 21.3 Å². The second-order valence-electron chi connectivity index (χ2n) is 7.54. The van der Waals surface area contributed by atoms with Crippen molar-refractivity contribution in [2.75, 3.05) is 39.3 Å². The lowest BCUT2D eigenvalue weighted by Gasteiger charge is -2.26. The third kappa shape index (κ3) is 4.92. The van der Waals surface area contributed by atoms with E-state index in [1.165, 1.54) is 0 Å². The standard InChI is InChI=1S/C23H29ClN4O/c1-2-3-12-28-22-17-20(29-16-15-27-13-10-25-11-14-27)8-9-21(22)26-23(28)18-4-6-19(24)7-5-18/h4-9,17,25H,2-3,10-16H2,1H3. The van der Waals surface area contributed by atoms with Crippen molar-refractivity contribution in [2.45, 2.75) is 26.3 Å². The van der Waals surface area contributed by atoms with E-state index in [2.05, 4.69) is 33.8 Å². The van der Waals surface area contributed by atoms with Crippen LogP contribution in [0.15, 0.2) is 42.5 Å². The van der Waals surface area contributed by atoms with Gasteiger partial charge in [0.05, 0.1) is 11.0 Å². The molecule has 1 aliphatic heterocycles. The number of nitrogens with one attached hydrogen (secondary N) is 1. The molecule has 2 aromatic carbocycles. The maximum atomic E-state index is 6.09. The molecule has 0 unspecified atom stereocenters. The van der Waals surface area contributed by atoms with Crippen molar-refractivity contribution in [3.63, 3.8) is 0 Å². The van der Waals surface area contributed by atoms with Crippen LogP contribution in [0.3, 0.4) is 0 Å². The van der Waals surface area contributed by atoms with Gasteiger partial charge in [0.2, 0.25) is 0 Å². The minimum atomic E-state index is 0.707. The Morgan fingerprint density at radius 3 is 2.62 bits per heavy atom. The molecule has 0 amide bonds. The number of halogens is 1. The Labute approximate surface area is 177 Å². The summed E-state index contributed by atoms with van der Waals surface area (Å²) in [5.41, 5.74) is 3.21. The van der Waals surface area contributed by atoms with Gasteiger partial charge in [-0.1, -0.05) is 24.9 Å². The van der Waals surface area contributed by atoms with E-state index in [1.54, 1.807) is 0 Å². The Bertz CT molecular complexity index is 932. The molecule has 3 aromatic rings. The maximum Gasteiger partial charge on any atom is 0.141 e. The van der Waals surface area contributed by atoms with E-state index in [0.717, 1.165) is 85.3 Å². The van der Waals surface area contributed by atoms with E-state index >= 15 is 0 Å². The molecule has 1 aliphatic rings. The smallest absolute Gasteiger partial charge is 0.141 e. The van der Waals surface area contributed by atoms with Gasteiger partial charge in [0, 0.05) is 55.9 Å². The molecule has 0 radical (unpaired) electrons. The van der Waals surface area contributed by atoms with Crippen LogP contribution < -0.4 is 10.1 Å². The highest BCUT2D eigenvalue weighted by Crippen LogP contribution is 2.29. The number of hydrogen-bond donors (Lipinski definition) is 1. The lowest BCUT2D eigenvalue weighted by atomic mass is 10.2. The number of aryl methyl sites for hydroxylation is 1. The molecule has 154 valence electrons. The highest BCUT2D eigenvalue weighted by atomic mass is 35.5. The van der Waals surface area contributed by atoms with Gasteiger partial charge in [0.25, 0.3) is 0 Å². The molecule has 1 fully saturated rings. The van der Waals surface area contributed by atoms with E-state index < -0.39 is 0 Å². The molecular formula is C23H29ClN4O. The molecule has 0 spiro atoms. The van der Waals surface area contributed by atoms with Gasteiger partial charge < -0.3 is 14.6 Å². The Kier molecular flexibility index (Phi) is 6.70. The normalized spacial score (nSPS) is 15.1. The quantitative estimate of drug-likeness (QED) is 0.593. The fourth-order valence-corrected chi connectivity index (χ4v) is 3.91. The second kappa shape index (κ2) is 9.61. The van der Waals surface area contributed by atoms with Gasteiger partial charge >= 0.3 is 0 Å². The number of ether oxygens (including phenoxy) is 1. The first-order valence-electron chi connectivity index (χ1n) is 10.6. The molecule has 0 aliphatic carbocycles. The highest BCUT2D eigenvalue weighted by Gasteiger charge is 2.14. The largest absolute Gasteiger partial charge is 0.492 e. The average Bonchev–Trinajstić information content (AvgIpc) is 3.11. The predicted octanol–water partition coefficient (Wildman–Crippen LogP) is 4.44. The number of rotatable bonds is 8. The Morgan fingerprint density at radius 2 is 1.86 bits per heavy atom. The number of benzene rings is 2. The highest BCUT2D eigenvalue weighted by molar-refractivity contribution is 6.30. The van der Waals surface area contributed by atoms with Crippen LogP contribution in [0.2, 0.25) is 5.02 Å². The number of piperazine rings is 1. The van der Waals surface area contributed by atoms with Crippen LogP contribution in [0.25, 0.3) is 22.4 Å². The summed E-state index contributed by atoms with van der Waals surface area (Å²) >= 11 is 6.08. The molecule has 1 saturated heterocycles. The molecule has 2 heterocycles. The summed E-state index contributed by atoms with van der Waals surface area (Å²) in [6, 6.07) is 14.2. The van der Waals surface area contributed by atoms with Crippen molar-refractivity contribution in [3.05, 3.63) is 47.5 Å². The predicted molar refractivity (Wildman–Crippen MR) is 120 cm³/mol. The topological polar surface area (TPSA) is 42.3 Å². The molecule has 1 aromatic heterocycles. The zero-order valence-electron chi connectivity index (χ0n) is 17.0. The van der Waals surface area contributed by atoms with Gasteiger partial charge in [0.15, 0.2) is 0 Å². The van der Waals surface area contributed by atoms with Gasteiger partial charge in [-0.25, -0.2) is 4.98 Å². The summed E-state index contributed by atoms with van der Waals surface area (Å²) in [7, 11) is 0. The van der Waals surface area contributed by atoms with Crippen molar-refractivity contribution in [3.8, 4) is 17.1 Å². The monoisotopic (exact) mass is 412 g/mol. The minimum absolute atomic E-state index is 0.707. The number of nitrogens with zero attached hydrogens (tertiary/aromatic N) is 3. The van der Waals surface area contributed by atoms with Gasteiger partial charge in [-0.15, -0.1) is 0 Å². The lowest BCUT2D eigenvalue weighted by Crippen LogP contribution is -2.44. The minimum Gasteiger partial charge on any atom is -0.492 e. The zero-order valence-corrected chi connectivity index (χ0v) is 17.8. The molecule has 29 heavy (non-hydrogen) atoms. The molecule has 0 atom stereocenters. The molecule has 4 rings (SSSR count). The van der Waals surface area contributed by atoms with Crippen molar-refractivity contribution in [2.24, 2.45) is 0 Å². The Morgan fingerprint density at radius 1 is 1.07 bits per heavy atom. The SMILES string of the molecule is CCCCn1c(-c2ccc(Cl)cc2)nc2ccc(OCCN3CCNCC3)cc21. The summed E-state index contributed by atoms with van der Waals surface area (Å²) in [4.78, 5) is 7.35. The van der Waals surface area contributed by atoms with Crippen LogP contribution in [-0.4, -0.2) is 53.8 Å². The maximum absolute atomic E-state index is 6.09. The van der Waals surface area contributed by atoms with Gasteiger partial charge in [-0.2, -0.15) is 0 Å². The lowest BCUT2D eigenvalue weighted by molar-refractivity contribution is 0.191. The molecule has 0 bridgehead atoms. The fourth-order valence-electron chi connectivity index (χ4n) is 3.78. The van der Waals surface area contributed by atoms with Crippen LogP contribution in [-0.2, 0) is 6.54 Å². The third-order valence-corrected chi connectivity index (χ3v) is 5.70. The molecular weight excluding hydrogens is 384 g/mol. The molecule has 5 nitrogen and oxygen atoms in total. The average molecular weight is 413 g/mol. The van der Waals surface area contributed by atoms with Crippen LogP contribution >= 0.6 is 11.6 Å². The van der Waals surface area contributed by atoms with E-state index in [0.29, 0.717) is 6.61 Å². The van der Waals surface area contributed by atoms with Crippen molar-refractivity contribution in [1.82, 2.24) is 19.8 Å². The van der Waals surface area contributed by atoms with Crippen LogP contribution in [0.4, 0.5) is 0 Å². The summed E-state index contributed by atoms with van der Waals surface area (Å²) in [6.07, 6.45) is 2.25. The van der Waals surface area contributed by atoms with Crippen molar-refractivity contribution < 1.29 is 4.74 Å². The van der Waals surface area contributed by atoms with Gasteiger partial charge in [0.1, 0.15) is 18.2 Å². The van der Waals surface area contributed by atoms with Gasteiger partial charge in [-0.3, -0.25) is 4.90 Å². The van der Waals surface area contributed by atoms with E-state index in [1.807, 2.05) is 30.3 Å². The number of fused-ring (bicyclic) bond motifs is 1. The number of hydrogen-bond acceptors (Lipinski definition) is 4. The Balaban J connectivity index is 1.56. The molecule has 1 N–H and O–H groups in total. The first-order valence-corrected chi connectivity index (χ1v) is 10.9. The first kappa shape index (κ1) is 20.2. The van der Waals surface area contributed by atoms with Crippen LogP contribution in [0.5, 0.6) is 5.75 Å². The molecule has 6 heteroatoms.